The number of thiazole rings is 1. The van der Waals surface area contributed by atoms with Crippen molar-refractivity contribution >= 4 is 34.0 Å². The van der Waals surface area contributed by atoms with Crippen LogP contribution in [-0.4, -0.2) is 33.1 Å². The van der Waals surface area contributed by atoms with Gasteiger partial charge < -0.3 is 11.1 Å². The summed E-state index contributed by atoms with van der Waals surface area (Å²) >= 11 is 2.88. The lowest BCUT2D eigenvalue weighted by Crippen LogP contribution is -2.53. The van der Waals surface area contributed by atoms with Gasteiger partial charge in [0.05, 0.1) is 17.0 Å². The molecule has 1 aliphatic carbocycles. The van der Waals surface area contributed by atoms with Crippen molar-refractivity contribution in [2.75, 3.05) is 12.3 Å². The molecule has 0 saturated heterocycles. The van der Waals surface area contributed by atoms with Crippen LogP contribution in [0.2, 0.25) is 0 Å². The van der Waals surface area contributed by atoms with Crippen molar-refractivity contribution in [1.29, 1.82) is 0 Å². The summed E-state index contributed by atoms with van der Waals surface area (Å²) in [7, 11) is 0. The first-order valence-electron chi connectivity index (χ1n) is 7.56. The number of nitrogens with two attached hydrogens (primary N) is 1. The molecule has 2 aromatic heterocycles. The lowest BCUT2D eigenvalue weighted by molar-refractivity contribution is -0.120. The molecule has 0 aliphatic heterocycles. The molecule has 1 unspecified atom stereocenters. The summed E-state index contributed by atoms with van der Waals surface area (Å²) in [4.78, 5) is 29.1. The minimum atomic E-state index is -0.287. The number of nitrogens with zero attached hydrogens (tertiary/aromatic N) is 2. The lowest BCUT2D eigenvalue weighted by Gasteiger charge is -2.29. The van der Waals surface area contributed by atoms with Gasteiger partial charge in [-0.2, -0.15) is 0 Å². The van der Waals surface area contributed by atoms with E-state index >= 15 is 0 Å². The van der Waals surface area contributed by atoms with Gasteiger partial charge in [0.2, 0.25) is 5.91 Å². The van der Waals surface area contributed by atoms with Gasteiger partial charge in [-0.25, -0.2) is 4.98 Å². The maximum absolute atomic E-state index is 12.1. The minimum Gasteiger partial charge on any atom is -0.349 e. The Morgan fingerprint density at radius 2 is 2.39 bits per heavy atom. The normalized spacial score (nSPS) is 17.1. The van der Waals surface area contributed by atoms with E-state index in [1.807, 2.05) is 12.3 Å². The quantitative estimate of drug-likeness (QED) is 0.782. The summed E-state index contributed by atoms with van der Waals surface area (Å²) in [5.74, 6) is 1.38. The van der Waals surface area contributed by atoms with Gasteiger partial charge in [-0.05, 0) is 25.7 Å². The van der Waals surface area contributed by atoms with Crippen molar-refractivity contribution in [2.45, 2.75) is 31.1 Å². The van der Waals surface area contributed by atoms with Gasteiger partial charge in [-0.1, -0.05) is 0 Å². The molecule has 0 bridgehead atoms. The van der Waals surface area contributed by atoms with E-state index in [1.54, 1.807) is 6.20 Å². The van der Waals surface area contributed by atoms with Crippen LogP contribution in [0.15, 0.2) is 22.4 Å². The summed E-state index contributed by atoms with van der Waals surface area (Å²) in [5, 5.41) is 4.89. The Balaban J connectivity index is 1.54. The van der Waals surface area contributed by atoms with Crippen molar-refractivity contribution in [3.8, 4) is 0 Å². The fourth-order valence-electron chi connectivity index (χ4n) is 2.60. The van der Waals surface area contributed by atoms with E-state index in [4.69, 9.17) is 5.73 Å². The summed E-state index contributed by atoms with van der Waals surface area (Å²) in [6, 6.07) is 1.53. The zero-order valence-corrected chi connectivity index (χ0v) is 14.6. The van der Waals surface area contributed by atoms with E-state index in [-0.39, 0.29) is 17.0 Å². The fourth-order valence-corrected chi connectivity index (χ4v) is 4.06. The smallest absolute Gasteiger partial charge is 0.258 e. The molecule has 6 nitrogen and oxygen atoms in total. The molecule has 3 rings (SSSR count). The Bertz CT molecular complexity index is 768. The molecule has 23 heavy (non-hydrogen) atoms. The number of rotatable bonds is 7. The van der Waals surface area contributed by atoms with Gasteiger partial charge in [-0.3, -0.25) is 14.0 Å². The predicted molar refractivity (Wildman–Crippen MR) is 93.8 cm³/mol. The van der Waals surface area contributed by atoms with Crippen LogP contribution >= 0.6 is 23.1 Å². The third kappa shape index (κ3) is 3.76. The van der Waals surface area contributed by atoms with E-state index in [2.05, 4.69) is 10.3 Å². The van der Waals surface area contributed by atoms with Gasteiger partial charge in [0.25, 0.3) is 5.56 Å². The number of thioether (sulfide) groups is 1. The van der Waals surface area contributed by atoms with E-state index < -0.39 is 0 Å². The van der Waals surface area contributed by atoms with E-state index in [9.17, 15) is 9.59 Å². The Hall–Kier alpha value is -1.38. The highest BCUT2D eigenvalue weighted by Crippen LogP contribution is 2.38. The number of aromatic nitrogens is 2. The fraction of sp³-hybridized carbons (Fsp3) is 0.533. The molecule has 2 aromatic rings. The second-order valence-corrected chi connectivity index (χ2v) is 7.94. The minimum absolute atomic E-state index is 0.0104. The third-order valence-electron chi connectivity index (χ3n) is 4.17. The molecule has 1 amide bonds. The lowest BCUT2D eigenvalue weighted by atomic mass is 9.96. The molecule has 0 spiro atoms. The number of carbonyl (C=O) groups excluding carboxylic acids is 1. The van der Waals surface area contributed by atoms with E-state index in [0.717, 1.165) is 12.8 Å². The summed E-state index contributed by atoms with van der Waals surface area (Å²) in [6.07, 6.45) is 3.98. The summed E-state index contributed by atoms with van der Waals surface area (Å²) < 4.78 is 1.52. The molecule has 124 valence electrons. The first-order chi connectivity index (χ1) is 11.0. The molecule has 1 aliphatic rings. The largest absolute Gasteiger partial charge is 0.349 e. The van der Waals surface area contributed by atoms with Crippen LogP contribution in [0.1, 0.15) is 25.5 Å². The van der Waals surface area contributed by atoms with Crippen LogP contribution in [0.25, 0.3) is 4.96 Å². The van der Waals surface area contributed by atoms with Crippen LogP contribution in [-0.2, 0) is 10.5 Å². The molecule has 2 heterocycles. The molecule has 0 radical (unpaired) electrons. The maximum Gasteiger partial charge on any atom is 0.258 e. The average Bonchev–Trinajstić information content (AvgIpc) is 3.27. The predicted octanol–water partition coefficient (Wildman–Crippen LogP) is 1.23. The standard InChI is InChI=1S/C15H20N4O2S2/c1-15(9-16,10-2-3-10)18-12(20)8-22-7-11-6-13(21)19-4-5-23-14(19)17-11/h4-6,10H,2-3,7-9,16H2,1H3,(H,18,20). The van der Waals surface area contributed by atoms with Crippen molar-refractivity contribution in [3.05, 3.63) is 33.7 Å². The van der Waals surface area contributed by atoms with Crippen LogP contribution in [0, 0.1) is 5.92 Å². The summed E-state index contributed by atoms with van der Waals surface area (Å²) in [5.41, 5.74) is 6.15. The first kappa shape index (κ1) is 16.5. The third-order valence-corrected chi connectivity index (χ3v) is 5.89. The SMILES string of the molecule is CC(CN)(NC(=O)CSCc1cc(=O)n2ccsc2n1)C1CC1. The van der Waals surface area contributed by atoms with Crippen molar-refractivity contribution < 1.29 is 4.79 Å². The molecule has 1 fully saturated rings. The highest BCUT2D eigenvalue weighted by molar-refractivity contribution is 7.99. The highest BCUT2D eigenvalue weighted by atomic mass is 32.2. The number of hydrogen-bond donors (Lipinski definition) is 2. The van der Waals surface area contributed by atoms with E-state index in [0.29, 0.717) is 34.6 Å². The van der Waals surface area contributed by atoms with Gasteiger partial charge in [0, 0.05) is 29.9 Å². The second-order valence-electron chi connectivity index (χ2n) is 6.08. The zero-order valence-electron chi connectivity index (χ0n) is 12.9. The molecule has 0 aromatic carbocycles. The number of fused-ring (bicyclic) bond motifs is 1. The Labute approximate surface area is 142 Å². The van der Waals surface area contributed by atoms with Gasteiger partial charge in [-0.15, -0.1) is 23.1 Å². The Morgan fingerprint density at radius 3 is 3.09 bits per heavy atom. The van der Waals surface area contributed by atoms with Gasteiger partial charge in [0.15, 0.2) is 4.96 Å². The first-order valence-corrected chi connectivity index (χ1v) is 9.60. The Morgan fingerprint density at radius 1 is 1.61 bits per heavy atom. The number of hydrogen-bond acceptors (Lipinski definition) is 6. The zero-order chi connectivity index (χ0) is 16.4. The molecule has 1 saturated carbocycles. The molecule has 1 atom stereocenters. The summed E-state index contributed by atoms with van der Waals surface area (Å²) in [6.45, 7) is 2.47. The van der Waals surface area contributed by atoms with Crippen molar-refractivity contribution in [2.24, 2.45) is 11.7 Å². The van der Waals surface area contributed by atoms with Crippen LogP contribution < -0.4 is 16.6 Å². The maximum atomic E-state index is 12.1. The van der Waals surface area contributed by atoms with Crippen LogP contribution in [0.4, 0.5) is 0 Å². The molecule has 3 N–H and O–H groups in total. The van der Waals surface area contributed by atoms with Gasteiger partial charge >= 0.3 is 0 Å². The molecule has 8 heteroatoms. The number of carbonyl (C=O) groups is 1. The van der Waals surface area contributed by atoms with Crippen LogP contribution in [0.3, 0.4) is 0 Å². The van der Waals surface area contributed by atoms with Crippen molar-refractivity contribution in [1.82, 2.24) is 14.7 Å². The van der Waals surface area contributed by atoms with Gasteiger partial charge in [0.1, 0.15) is 0 Å². The van der Waals surface area contributed by atoms with Crippen LogP contribution in [0.5, 0.6) is 0 Å². The average molecular weight is 352 g/mol. The number of amides is 1. The Kier molecular flexibility index (Phi) is 4.74. The van der Waals surface area contributed by atoms with E-state index in [1.165, 1.54) is 33.6 Å². The second kappa shape index (κ2) is 6.62. The number of nitrogens with one attached hydrogen (secondary N) is 1. The monoisotopic (exact) mass is 352 g/mol. The topological polar surface area (TPSA) is 89.5 Å². The van der Waals surface area contributed by atoms with Crippen molar-refractivity contribution in [3.63, 3.8) is 0 Å². The molecular formula is C15H20N4O2S2. The highest BCUT2D eigenvalue weighted by Gasteiger charge is 2.41. The molecular weight excluding hydrogens is 332 g/mol.